The number of rotatable bonds is 6. The topological polar surface area (TPSA) is 88.8 Å². The second-order valence-corrected chi connectivity index (χ2v) is 5.42. The summed E-state index contributed by atoms with van der Waals surface area (Å²) < 4.78 is 11.0. The zero-order chi connectivity index (χ0) is 17.0. The van der Waals surface area contributed by atoms with Crippen molar-refractivity contribution in [2.75, 3.05) is 5.32 Å². The molecule has 0 unspecified atom stereocenters. The van der Waals surface area contributed by atoms with E-state index in [1.807, 2.05) is 13.8 Å². The number of aryl methyl sites for hydroxylation is 1. The maximum Gasteiger partial charge on any atom is 0.335 e. The molecule has 0 saturated carbocycles. The van der Waals surface area contributed by atoms with E-state index in [0.29, 0.717) is 17.2 Å². The van der Waals surface area contributed by atoms with Crippen LogP contribution in [0.3, 0.4) is 0 Å². The van der Waals surface area contributed by atoms with Gasteiger partial charge < -0.3 is 19.6 Å². The molecule has 1 heterocycles. The Morgan fingerprint density at radius 2 is 2.00 bits per heavy atom. The minimum atomic E-state index is -1.07. The molecule has 1 amide bonds. The van der Waals surface area contributed by atoms with Gasteiger partial charge in [0.1, 0.15) is 17.3 Å². The predicted octanol–water partition coefficient (Wildman–Crippen LogP) is 3.25. The number of carbonyl (C=O) groups excluding carboxylic acids is 1. The third kappa shape index (κ3) is 4.60. The fourth-order valence-electron chi connectivity index (χ4n) is 2.05. The Hall–Kier alpha value is -2.76. The number of furan rings is 1. The monoisotopic (exact) mass is 317 g/mol. The fraction of sp³-hybridized carbons (Fsp3) is 0.294. The highest BCUT2D eigenvalue weighted by Crippen LogP contribution is 2.27. The van der Waals surface area contributed by atoms with Gasteiger partial charge in [-0.1, -0.05) is 0 Å². The van der Waals surface area contributed by atoms with Gasteiger partial charge in [-0.3, -0.25) is 4.79 Å². The molecule has 1 aromatic carbocycles. The first-order valence-electron chi connectivity index (χ1n) is 7.24. The average molecular weight is 317 g/mol. The predicted molar refractivity (Wildman–Crippen MR) is 84.9 cm³/mol. The zero-order valence-corrected chi connectivity index (χ0v) is 13.3. The normalized spacial score (nSPS) is 10.6. The van der Waals surface area contributed by atoms with E-state index in [0.717, 1.165) is 5.76 Å². The molecule has 0 aliphatic heterocycles. The van der Waals surface area contributed by atoms with Gasteiger partial charge >= 0.3 is 5.97 Å². The van der Waals surface area contributed by atoms with Gasteiger partial charge in [-0.15, -0.1) is 0 Å². The molecule has 0 aliphatic rings. The second-order valence-electron chi connectivity index (χ2n) is 5.42. The van der Waals surface area contributed by atoms with Crippen LogP contribution < -0.4 is 10.1 Å². The van der Waals surface area contributed by atoms with Gasteiger partial charge in [0.25, 0.3) is 0 Å². The molecule has 23 heavy (non-hydrogen) atoms. The maximum absolute atomic E-state index is 12.1. The van der Waals surface area contributed by atoms with Gasteiger partial charge in [0.15, 0.2) is 0 Å². The first-order chi connectivity index (χ1) is 10.8. The Balaban J connectivity index is 2.19. The molecule has 0 spiro atoms. The third-order valence-corrected chi connectivity index (χ3v) is 2.99. The molecule has 0 saturated heterocycles. The van der Waals surface area contributed by atoms with Crippen molar-refractivity contribution in [1.82, 2.24) is 0 Å². The van der Waals surface area contributed by atoms with E-state index in [9.17, 15) is 9.59 Å². The first-order valence-corrected chi connectivity index (χ1v) is 7.24. The maximum atomic E-state index is 12.1. The summed E-state index contributed by atoms with van der Waals surface area (Å²) >= 11 is 0. The van der Waals surface area contributed by atoms with E-state index in [1.165, 1.54) is 18.2 Å². The summed E-state index contributed by atoms with van der Waals surface area (Å²) in [5.41, 5.74) is 0.400. The minimum absolute atomic E-state index is 0.0618. The van der Waals surface area contributed by atoms with E-state index in [1.54, 1.807) is 19.1 Å². The first kappa shape index (κ1) is 16.6. The lowest BCUT2D eigenvalue weighted by Gasteiger charge is -2.15. The van der Waals surface area contributed by atoms with E-state index in [4.69, 9.17) is 14.3 Å². The van der Waals surface area contributed by atoms with Crippen molar-refractivity contribution in [2.45, 2.75) is 33.3 Å². The number of carboxylic acid groups (broad SMARTS) is 1. The quantitative estimate of drug-likeness (QED) is 0.853. The summed E-state index contributed by atoms with van der Waals surface area (Å²) in [6, 6.07) is 7.86. The highest BCUT2D eigenvalue weighted by Gasteiger charge is 2.14. The average Bonchev–Trinajstić information content (AvgIpc) is 2.85. The number of hydrogen-bond donors (Lipinski definition) is 2. The lowest BCUT2D eigenvalue weighted by Crippen LogP contribution is -2.16. The number of carbonyl (C=O) groups is 2. The molecule has 1 aromatic heterocycles. The molecule has 122 valence electrons. The number of amides is 1. The highest BCUT2D eigenvalue weighted by molar-refractivity contribution is 5.96. The summed E-state index contributed by atoms with van der Waals surface area (Å²) in [5, 5.41) is 11.8. The Bertz CT molecular complexity index is 718. The van der Waals surface area contributed by atoms with Gasteiger partial charge in [0.05, 0.1) is 23.8 Å². The van der Waals surface area contributed by atoms with Crippen molar-refractivity contribution in [3.63, 3.8) is 0 Å². The van der Waals surface area contributed by atoms with Crippen molar-refractivity contribution in [2.24, 2.45) is 0 Å². The molecule has 2 aromatic rings. The minimum Gasteiger partial charge on any atom is -0.489 e. The Kier molecular flexibility index (Phi) is 5.05. The lowest BCUT2D eigenvalue weighted by atomic mass is 10.1. The lowest BCUT2D eigenvalue weighted by molar-refractivity contribution is -0.115. The van der Waals surface area contributed by atoms with Crippen LogP contribution in [-0.4, -0.2) is 23.1 Å². The third-order valence-electron chi connectivity index (χ3n) is 2.99. The van der Waals surface area contributed by atoms with Gasteiger partial charge in [0, 0.05) is 0 Å². The van der Waals surface area contributed by atoms with Crippen LogP contribution >= 0.6 is 0 Å². The van der Waals surface area contributed by atoms with Crippen LogP contribution in [0, 0.1) is 6.92 Å². The van der Waals surface area contributed by atoms with Crippen molar-refractivity contribution < 1.29 is 23.8 Å². The molecule has 0 atom stereocenters. The molecular formula is C17H19NO5. The van der Waals surface area contributed by atoms with Crippen LogP contribution in [0.2, 0.25) is 0 Å². The molecule has 0 radical (unpaired) electrons. The van der Waals surface area contributed by atoms with Crippen LogP contribution in [-0.2, 0) is 11.2 Å². The number of anilines is 1. The van der Waals surface area contributed by atoms with Gasteiger partial charge in [-0.25, -0.2) is 4.79 Å². The van der Waals surface area contributed by atoms with E-state index >= 15 is 0 Å². The second kappa shape index (κ2) is 7.00. The Morgan fingerprint density at radius 1 is 1.26 bits per heavy atom. The molecule has 6 nitrogen and oxygen atoms in total. The standard InChI is InChI=1S/C17H19NO5/c1-10(2)22-15-7-5-12(17(20)21)8-14(15)18-16(19)9-13-6-4-11(3)23-13/h4-8,10H,9H2,1-3H3,(H,18,19)(H,20,21). The van der Waals surface area contributed by atoms with Crippen molar-refractivity contribution in [1.29, 1.82) is 0 Å². The Labute approximate surface area is 134 Å². The molecule has 2 N–H and O–H groups in total. The van der Waals surface area contributed by atoms with Crippen molar-refractivity contribution in [3.05, 3.63) is 47.4 Å². The number of aromatic carboxylic acids is 1. The van der Waals surface area contributed by atoms with Gasteiger partial charge in [-0.05, 0) is 51.1 Å². The van der Waals surface area contributed by atoms with E-state index in [2.05, 4.69) is 5.32 Å². The largest absolute Gasteiger partial charge is 0.489 e. The highest BCUT2D eigenvalue weighted by atomic mass is 16.5. The molecule has 0 bridgehead atoms. The smallest absolute Gasteiger partial charge is 0.335 e. The molecule has 2 rings (SSSR count). The summed E-state index contributed by atoms with van der Waals surface area (Å²) in [5.74, 6) is 0.313. The van der Waals surface area contributed by atoms with Gasteiger partial charge in [-0.2, -0.15) is 0 Å². The van der Waals surface area contributed by atoms with Gasteiger partial charge in [0.2, 0.25) is 5.91 Å². The van der Waals surface area contributed by atoms with Crippen molar-refractivity contribution >= 4 is 17.6 Å². The number of benzene rings is 1. The summed E-state index contributed by atoms with van der Waals surface area (Å²) in [4.78, 5) is 23.2. The van der Waals surface area contributed by atoms with Crippen LogP contribution in [0.5, 0.6) is 5.75 Å². The Morgan fingerprint density at radius 3 is 2.57 bits per heavy atom. The fourth-order valence-corrected chi connectivity index (χ4v) is 2.05. The van der Waals surface area contributed by atoms with Crippen LogP contribution in [0.15, 0.2) is 34.7 Å². The number of ether oxygens (including phenoxy) is 1. The van der Waals surface area contributed by atoms with E-state index in [-0.39, 0.29) is 24.0 Å². The van der Waals surface area contributed by atoms with E-state index < -0.39 is 5.97 Å². The van der Waals surface area contributed by atoms with Crippen molar-refractivity contribution in [3.8, 4) is 5.75 Å². The zero-order valence-electron chi connectivity index (χ0n) is 13.3. The molecule has 0 aliphatic carbocycles. The van der Waals surface area contributed by atoms with Crippen LogP contribution in [0.4, 0.5) is 5.69 Å². The number of hydrogen-bond acceptors (Lipinski definition) is 4. The summed E-state index contributed by atoms with van der Waals surface area (Å²) in [6.45, 7) is 5.50. The number of carboxylic acids is 1. The SMILES string of the molecule is Cc1ccc(CC(=O)Nc2cc(C(=O)O)ccc2OC(C)C)o1. The summed E-state index contributed by atoms with van der Waals surface area (Å²) in [7, 11) is 0. The molecular weight excluding hydrogens is 298 g/mol. The molecule has 6 heteroatoms. The van der Waals surface area contributed by atoms with Crippen LogP contribution in [0.1, 0.15) is 35.7 Å². The summed E-state index contributed by atoms with van der Waals surface area (Å²) in [6.07, 6.45) is -0.0410. The molecule has 0 fully saturated rings. The number of nitrogens with one attached hydrogen (secondary N) is 1. The van der Waals surface area contributed by atoms with Crippen LogP contribution in [0.25, 0.3) is 0 Å².